The minimum atomic E-state index is -0.0772. The molecular formula is C18H18N4O2S. The Morgan fingerprint density at radius 2 is 2.08 bits per heavy atom. The summed E-state index contributed by atoms with van der Waals surface area (Å²) < 4.78 is 5.00. The van der Waals surface area contributed by atoms with E-state index in [0.717, 1.165) is 16.3 Å². The average Bonchev–Trinajstić information content (AvgIpc) is 3.06. The third-order valence-electron chi connectivity index (χ3n) is 3.40. The Kier molecular flexibility index (Phi) is 5.79. The van der Waals surface area contributed by atoms with Crippen LogP contribution in [0.1, 0.15) is 23.7 Å². The van der Waals surface area contributed by atoms with Crippen molar-refractivity contribution in [3.8, 4) is 0 Å². The number of anilines is 1. The van der Waals surface area contributed by atoms with Crippen LogP contribution >= 0.6 is 11.8 Å². The largest absolute Gasteiger partial charge is 0.339 e. The van der Waals surface area contributed by atoms with E-state index < -0.39 is 0 Å². The summed E-state index contributed by atoms with van der Waals surface area (Å²) in [6.45, 7) is 1.75. The van der Waals surface area contributed by atoms with Crippen LogP contribution in [-0.4, -0.2) is 21.0 Å². The van der Waals surface area contributed by atoms with Gasteiger partial charge in [0.2, 0.25) is 11.8 Å². The SMILES string of the molecule is Cc1noc(CCC(=O)Nc2ccc(SCc3cccnc3)cc2)n1. The number of amides is 1. The van der Waals surface area contributed by atoms with Crippen molar-refractivity contribution in [3.05, 3.63) is 66.1 Å². The molecule has 0 spiro atoms. The molecule has 3 aromatic rings. The Bertz CT molecular complexity index is 819. The highest BCUT2D eigenvalue weighted by molar-refractivity contribution is 7.98. The van der Waals surface area contributed by atoms with Gasteiger partial charge in [0.05, 0.1) is 0 Å². The second kappa shape index (κ2) is 8.43. The Hall–Kier alpha value is -2.67. The number of thioether (sulfide) groups is 1. The predicted molar refractivity (Wildman–Crippen MR) is 96.2 cm³/mol. The van der Waals surface area contributed by atoms with Crippen molar-refractivity contribution in [2.24, 2.45) is 0 Å². The van der Waals surface area contributed by atoms with Crippen LogP contribution in [0.4, 0.5) is 5.69 Å². The molecule has 1 N–H and O–H groups in total. The van der Waals surface area contributed by atoms with E-state index in [1.807, 2.05) is 36.5 Å². The van der Waals surface area contributed by atoms with Gasteiger partial charge in [-0.2, -0.15) is 4.98 Å². The van der Waals surface area contributed by atoms with Gasteiger partial charge < -0.3 is 9.84 Å². The first-order chi connectivity index (χ1) is 12.2. The smallest absolute Gasteiger partial charge is 0.227 e. The quantitative estimate of drug-likeness (QED) is 0.653. The first-order valence-electron chi connectivity index (χ1n) is 7.90. The molecule has 0 aliphatic heterocycles. The van der Waals surface area contributed by atoms with Gasteiger partial charge in [0.1, 0.15) is 0 Å². The van der Waals surface area contributed by atoms with Crippen LogP contribution in [0.2, 0.25) is 0 Å². The summed E-state index contributed by atoms with van der Waals surface area (Å²) >= 11 is 1.73. The molecule has 0 aliphatic rings. The number of carbonyl (C=O) groups is 1. The molecule has 0 unspecified atom stereocenters. The fraction of sp³-hybridized carbons (Fsp3) is 0.222. The van der Waals surface area contributed by atoms with Gasteiger partial charge in [0, 0.05) is 41.6 Å². The van der Waals surface area contributed by atoms with Crippen molar-refractivity contribution in [2.45, 2.75) is 30.4 Å². The molecule has 2 aromatic heterocycles. The molecule has 0 radical (unpaired) electrons. The lowest BCUT2D eigenvalue weighted by Gasteiger charge is -2.06. The third kappa shape index (κ3) is 5.42. The lowest BCUT2D eigenvalue weighted by atomic mass is 10.2. The van der Waals surface area contributed by atoms with E-state index in [4.69, 9.17) is 4.52 Å². The summed E-state index contributed by atoms with van der Waals surface area (Å²) in [5.74, 6) is 1.85. The minimum absolute atomic E-state index is 0.0772. The van der Waals surface area contributed by atoms with Crippen LogP contribution < -0.4 is 5.32 Å². The molecule has 6 nitrogen and oxygen atoms in total. The first-order valence-corrected chi connectivity index (χ1v) is 8.88. The maximum Gasteiger partial charge on any atom is 0.227 e. The molecule has 0 saturated carbocycles. The minimum Gasteiger partial charge on any atom is -0.339 e. The van der Waals surface area contributed by atoms with Gasteiger partial charge in [-0.3, -0.25) is 9.78 Å². The number of aromatic nitrogens is 3. The van der Waals surface area contributed by atoms with E-state index in [1.54, 1.807) is 24.9 Å². The van der Waals surface area contributed by atoms with Gasteiger partial charge in [-0.1, -0.05) is 11.2 Å². The fourth-order valence-corrected chi connectivity index (χ4v) is 3.00. The van der Waals surface area contributed by atoms with Crippen molar-refractivity contribution >= 4 is 23.4 Å². The standard InChI is InChI=1S/C18H18N4O2S/c1-13-20-18(24-22-13)9-8-17(23)21-15-4-6-16(7-5-15)25-12-14-3-2-10-19-11-14/h2-7,10-11H,8-9,12H2,1H3,(H,21,23). The van der Waals surface area contributed by atoms with Gasteiger partial charge in [-0.25, -0.2) is 0 Å². The van der Waals surface area contributed by atoms with Crippen molar-refractivity contribution in [2.75, 3.05) is 5.32 Å². The third-order valence-corrected chi connectivity index (χ3v) is 4.49. The van der Waals surface area contributed by atoms with Gasteiger partial charge in [0.15, 0.2) is 5.82 Å². The molecule has 0 fully saturated rings. The van der Waals surface area contributed by atoms with Gasteiger partial charge in [-0.15, -0.1) is 11.8 Å². The van der Waals surface area contributed by atoms with E-state index in [9.17, 15) is 4.79 Å². The van der Waals surface area contributed by atoms with Crippen LogP contribution in [-0.2, 0) is 17.0 Å². The number of hydrogen-bond donors (Lipinski definition) is 1. The normalized spacial score (nSPS) is 10.6. The Morgan fingerprint density at radius 3 is 2.76 bits per heavy atom. The monoisotopic (exact) mass is 354 g/mol. The van der Waals surface area contributed by atoms with Crippen LogP contribution in [0.25, 0.3) is 0 Å². The topological polar surface area (TPSA) is 80.9 Å². The van der Waals surface area contributed by atoms with E-state index >= 15 is 0 Å². The van der Waals surface area contributed by atoms with Crippen LogP contribution in [0.15, 0.2) is 58.2 Å². The number of hydrogen-bond acceptors (Lipinski definition) is 6. The molecule has 0 bridgehead atoms. The average molecular weight is 354 g/mol. The van der Waals surface area contributed by atoms with Crippen LogP contribution in [0.5, 0.6) is 0 Å². The number of benzene rings is 1. The molecule has 3 rings (SSSR count). The summed E-state index contributed by atoms with van der Waals surface area (Å²) in [5, 5.41) is 6.58. The summed E-state index contributed by atoms with van der Waals surface area (Å²) in [6, 6.07) is 11.8. The maximum atomic E-state index is 12.0. The lowest BCUT2D eigenvalue weighted by Crippen LogP contribution is -2.12. The number of aryl methyl sites for hydroxylation is 2. The Morgan fingerprint density at radius 1 is 1.24 bits per heavy atom. The van der Waals surface area contributed by atoms with E-state index in [1.165, 1.54) is 5.56 Å². The number of pyridine rings is 1. The Labute approximate surface area is 150 Å². The molecule has 7 heteroatoms. The van der Waals surface area contributed by atoms with E-state index in [-0.39, 0.29) is 5.91 Å². The molecule has 1 aromatic carbocycles. The van der Waals surface area contributed by atoms with Crippen molar-refractivity contribution in [1.29, 1.82) is 0 Å². The molecule has 2 heterocycles. The van der Waals surface area contributed by atoms with Crippen LogP contribution in [0.3, 0.4) is 0 Å². The molecular weight excluding hydrogens is 336 g/mol. The van der Waals surface area contributed by atoms with E-state index in [0.29, 0.717) is 24.6 Å². The van der Waals surface area contributed by atoms with Crippen molar-refractivity contribution < 1.29 is 9.32 Å². The fourth-order valence-electron chi connectivity index (χ4n) is 2.17. The highest BCUT2D eigenvalue weighted by Crippen LogP contribution is 2.24. The number of rotatable bonds is 7. The second-order valence-electron chi connectivity index (χ2n) is 5.46. The zero-order valence-electron chi connectivity index (χ0n) is 13.8. The molecule has 0 atom stereocenters. The zero-order valence-corrected chi connectivity index (χ0v) is 14.6. The molecule has 0 aliphatic carbocycles. The highest BCUT2D eigenvalue weighted by atomic mass is 32.2. The summed E-state index contributed by atoms with van der Waals surface area (Å²) in [4.78, 5) is 21.3. The summed E-state index contributed by atoms with van der Waals surface area (Å²) in [7, 11) is 0. The number of nitrogens with zero attached hydrogens (tertiary/aromatic N) is 3. The zero-order chi connectivity index (χ0) is 17.5. The van der Waals surface area contributed by atoms with Gasteiger partial charge >= 0.3 is 0 Å². The number of nitrogens with one attached hydrogen (secondary N) is 1. The highest BCUT2D eigenvalue weighted by Gasteiger charge is 2.08. The van der Waals surface area contributed by atoms with Gasteiger partial charge in [0.25, 0.3) is 0 Å². The van der Waals surface area contributed by atoms with Crippen LogP contribution in [0, 0.1) is 6.92 Å². The summed E-state index contributed by atoms with van der Waals surface area (Å²) in [6.07, 6.45) is 4.38. The van der Waals surface area contributed by atoms with Crippen molar-refractivity contribution in [3.63, 3.8) is 0 Å². The second-order valence-corrected chi connectivity index (χ2v) is 6.51. The molecule has 25 heavy (non-hydrogen) atoms. The summed E-state index contributed by atoms with van der Waals surface area (Å²) in [5.41, 5.74) is 1.96. The van der Waals surface area contributed by atoms with E-state index in [2.05, 4.69) is 26.5 Å². The van der Waals surface area contributed by atoms with Crippen molar-refractivity contribution in [1.82, 2.24) is 15.1 Å². The van der Waals surface area contributed by atoms with Gasteiger partial charge in [-0.05, 0) is 42.8 Å². The molecule has 128 valence electrons. The first kappa shape index (κ1) is 17.2. The lowest BCUT2D eigenvalue weighted by molar-refractivity contribution is -0.116. The maximum absolute atomic E-state index is 12.0. The predicted octanol–water partition coefficient (Wildman–Crippen LogP) is 3.64. The Balaban J connectivity index is 1.46. The number of carbonyl (C=O) groups excluding carboxylic acids is 1. The molecule has 1 amide bonds. The molecule has 0 saturated heterocycles.